The number of methoxy groups -OCH3 is 1. The van der Waals surface area contributed by atoms with Crippen molar-refractivity contribution in [1.82, 2.24) is 29.8 Å². The number of carbonyl (C=O) groups is 4. The number of amides is 4. The summed E-state index contributed by atoms with van der Waals surface area (Å²) in [5.41, 5.74) is -3.20. The smallest absolute Gasteiger partial charge is 0.408 e. The molecule has 4 aliphatic rings. The van der Waals surface area contributed by atoms with Gasteiger partial charge in [-0.05, 0) is 120 Å². The number of carboxylic acid groups (broad SMARTS) is 1. The maximum Gasteiger partial charge on any atom is 0.408 e. The van der Waals surface area contributed by atoms with Crippen LogP contribution in [0.3, 0.4) is 0 Å². The molecule has 1 aromatic carbocycles. The van der Waals surface area contributed by atoms with Crippen molar-refractivity contribution in [3.63, 3.8) is 0 Å². The number of hydrogen-bond acceptors (Lipinski definition) is 11. The highest BCUT2D eigenvalue weighted by molar-refractivity contribution is 7.91. The predicted octanol–water partition coefficient (Wildman–Crippen LogP) is 6.72. The number of rotatable bonds is 12. The number of aromatic nitrogens is 2. The van der Waals surface area contributed by atoms with Crippen molar-refractivity contribution >= 4 is 44.6 Å². The number of sulfonamides is 1. The SMILES string of the molecule is COc1ccc2c(O[C@@H]3C[C@H]4C(=O)N[C@]5(C(=O)NS(=O)(=O)C6CC6)C[C@H]5/C=C\CC[C@H](C)C[C@@H](C)[C@H](N(C(=O)O)C(C)(C)C(C)(F)F)C(=O)N4C3)nc(-c3ccc(OC(C)C)cn3)cc2c1. The summed E-state index contributed by atoms with van der Waals surface area (Å²) in [5, 5.41) is 14.0. The highest BCUT2D eigenvalue weighted by Crippen LogP contribution is 2.47. The van der Waals surface area contributed by atoms with Crippen LogP contribution in [0, 0.1) is 17.8 Å². The Labute approximate surface area is 383 Å². The Morgan fingerprint density at radius 2 is 1.74 bits per heavy atom. The molecule has 2 aliphatic heterocycles. The molecule has 358 valence electrons. The Bertz CT molecular complexity index is 2500. The number of hydrogen-bond donors (Lipinski definition) is 3. The molecule has 4 heterocycles. The topological polar surface area (TPSA) is 207 Å². The van der Waals surface area contributed by atoms with Crippen LogP contribution < -0.4 is 24.2 Å². The summed E-state index contributed by atoms with van der Waals surface area (Å²) in [6.45, 7) is 9.77. The first kappa shape index (κ1) is 48.3. The van der Waals surface area contributed by atoms with E-state index in [1.165, 1.54) is 7.11 Å². The van der Waals surface area contributed by atoms with Crippen LogP contribution in [0.25, 0.3) is 22.2 Å². The summed E-state index contributed by atoms with van der Waals surface area (Å²) in [5.74, 6) is -6.56. The number of alkyl halides is 2. The van der Waals surface area contributed by atoms with Gasteiger partial charge < -0.3 is 29.5 Å². The molecule has 0 spiro atoms. The van der Waals surface area contributed by atoms with Gasteiger partial charge in [0.1, 0.15) is 40.8 Å². The predicted molar refractivity (Wildman–Crippen MR) is 241 cm³/mol. The zero-order valence-electron chi connectivity index (χ0n) is 38.5. The Hall–Kier alpha value is -5.59. The van der Waals surface area contributed by atoms with Crippen LogP contribution in [-0.2, 0) is 24.4 Å². The first-order valence-electron chi connectivity index (χ1n) is 22.5. The Morgan fingerprint density at radius 1 is 1.03 bits per heavy atom. The molecule has 3 fully saturated rings. The summed E-state index contributed by atoms with van der Waals surface area (Å²) in [6.07, 6.45) is 4.40. The molecule has 0 bridgehead atoms. The highest BCUT2D eigenvalue weighted by Gasteiger charge is 2.63. The summed E-state index contributed by atoms with van der Waals surface area (Å²) in [7, 11) is -2.50. The minimum absolute atomic E-state index is 0.0778. The molecule has 16 nitrogen and oxygen atoms in total. The van der Waals surface area contributed by atoms with Crippen molar-refractivity contribution in [3.05, 3.63) is 54.7 Å². The van der Waals surface area contributed by atoms with Crippen molar-refractivity contribution in [2.45, 2.75) is 140 Å². The van der Waals surface area contributed by atoms with E-state index >= 15 is 13.6 Å². The van der Waals surface area contributed by atoms with E-state index in [1.807, 2.05) is 26.8 Å². The second-order valence-corrected chi connectivity index (χ2v) is 21.2. The second kappa shape index (κ2) is 18.2. The van der Waals surface area contributed by atoms with E-state index in [0.717, 1.165) is 18.7 Å². The van der Waals surface area contributed by atoms with Crippen LogP contribution in [0.4, 0.5) is 13.6 Å². The molecule has 19 heteroatoms. The van der Waals surface area contributed by atoms with Crippen LogP contribution in [0.15, 0.2) is 54.7 Å². The van der Waals surface area contributed by atoms with Crippen LogP contribution in [-0.4, -0.2) is 117 Å². The van der Waals surface area contributed by atoms with Crippen LogP contribution in [0.5, 0.6) is 17.4 Å². The fraction of sp³-hybridized carbons (Fsp3) is 0.574. The molecular weight excluding hydrogens is 879 g/mol. The van der Waals surface area contributed by atoms with Crippen LogP contribution in [0.1, 0.15) is 93.4 Å². The van der Waals surface area contributed by atoms with E-state index in [2.05, 4.69) is 15.0 Å². The third-order valence-electron chi connectivity index (χ3n) is 13.4. The van der Waals surface area contributed by atoms with E-state index < -0.39 is 86.1 Å². The highest BCUT2D eigenvalue weighted by atomic mass is 32.2. The number of allylic oxidation sites excluding steroid dienone is 1. The number of ether oxygens (including phenoxy) is 3. The lowest BCUT2D eigenvalue weighted by molar-refractivity contribution is -0.156. The molecular formula is C47H60F2N6O10S. The molecule has 2 aromatic heterocycles. The normalized spacial score (nSPS) is 26.9. The number of carbonyl (C=O) groups excluding carboxylic acids is 3. The van der Waals surface area contributed by atoms with Gasteiger partial charge in [-0.25, -0.2) is 27.0 Å². The summed E-state index contributed by atoms with van der Waals surface area (Å²) in [6, 6.07) is 7.43. The van der Waals surface area contributed by atoms with Gasteiger partial charge in [-0.2, -0.15) is 0 Å². The van der Waals surface area contributed by atoms with Gasteiger partial charge in [0.15, 0.2) is 0 Å². The molecule has 1 saturated heterocycles. The standard InChI is InChI=1S/C47H60F2N6O10S/c1-26(2)64-32-14-18-36(50-24-32)37-21-29-20-31(63-8)13-17-35(29)41(51-37)65-33-22-38-40(56)52-47(43(58)53-66(61,62)34-15-16-34)23-30(47)12-10-9-11-27(3)19-28(4)39(42(57)54(38)25-33)55(44(59)60)45(5,6)46(7,48)49/h10,12-14,17-18,20-21,24,26-28,30,33-34,38-39H,9,11,15-16,19,22-23,25H2,1-8H3,(H,52,56)(H,53,58)(H,59,60)/b12-10-/t27-,28+,30+,33+,38-,39-,47+/m0/s1. The van der Waals surface area contributed by atoms with E-state index in [1.54, 1.807) is 55.6 Å². The number of nitrogens with zero attached hydrogens (tertiary/aromatic N) is 4. The Kier molecular flexibility index (Phi) is 13.4. The first-order chi connectivity index (χ1) is 30.9. The average Bonchev–Trinajstić information content (AvgIpc) is 4.17. The fourth-order valence-electron chi connectivity index (χ4n) is 9.14. The number of halogens is 2. The van der Waals surface area contributed by atoms with Crippen molar-refractivity contribution in [1.29, 1.82) is 0 Å². The fourth-order valence-corrected chi connectivity index (χ4v) is 10.5. The monoisotopic (exact) mass is 938 g/mol. The Morgan fingerprint density at radius 3 is 2.36 bits per heavy atom. The van der Waals surface area contributed by atoms with Gasteiger partial charge in [0.2, 0.25) is 27.7 Å². The van der Waals surface area contributed by atoms with E-state index in [0.29, 0.717) is 71.2 Å². The van der Waals surface area contributed by atoms with Crippen molar-refractivity contribution in [2.75, 3.05) is 13.7 Å². The minimum Gasteiger partial charge on any atom is -0.497 e. The van der Waals surface area contributed by atoms with E-state index in [4.69, 9.17) is 19.2 Å². The molecule has 3 N–H and O–H groups in total. The zero-order chi connectivity index (χ0) is 48.1. The molecule has 3 aromatic rings. The largest absolute Gasteiger partial charge is 0.497 e. The van der Waals surface area contributed by atoms with Gasteiger partial charge in [0.25, 0.3) is 11.8 Å². The third kappa shape index (κ3) is 9.91. The molecule has 0 radical (unpaired) electrons. The first-order valence-corrected chi connectivity index (χ1v) is 24.0. The van der Waals surface area contributed by atoms with Gasteiger partial charge in [0, 0.05) is 24.6 Å². The van der Waals surface area contributed by atoms with E-state index in [9.17, 15) is 27.9 Å². The number of pyridine rings is 2. The van der Waals surface area contributed by atoms with Crippen molar-refractivity contribution in [2.24, 2.45) is 17.8 Å². The third-order valence-corrected chi connectivity index (χ3v) is 15.2. The minimum atomic E-state index is -4.03. The zero-order valence-corrected chi connectivity index (χ0v) is 39.4. The maximum absolute atomic E-state index is 15.5. The number of fused-ring (bicyclic) bond motifs is 3. The lowest BCUT2D eigenvalue weighted by Gasteiger charge is -2.47. The molecule has 2 aliphatic carbocycles. The maximum atomic E-state index is 15.5. The Balaban J connectivity index is 1.31. The lowest BCUT2D eigenvalue weighted by Crippen LogP contribution is -2.66. The summed E-state index contributed by atoms with van der Waals surface area (Å²) in [4.78, 5) is 68.5. The number of nitrogens with one attached hydrogen (secondary N) is 2. The van der Waals surface area contributed by atoms with Crippen molar-refractivity contribution in [3.8, 4) is 28.8 Å². The molecule has 66 heavy (non-hydrogen) atoms. The van der Waals surface area contributed by atoms with Gasteiger partial charge in [-0.1, -0.05) is 26.0 Å². The van der Waals surface area contributed by atoms with Crippen LogP contribution in [0.2, 0.25) is 0 Å². The molecule has 2 saturated carbocycles. The second-order valence-electron chi connectivity index (χ2n) is 19.2. The van der Waals surface area contributed by atoms with Crippen LogP contribution >= 0.6 is 0 Å². The summed E-state index contributed by atoms with van der Waals surface area (Å²) < 4.78 is 77.3. The van der Waals surface area contributed by atoms with Gasteiger partial charge in [0.05, 0.1) is 42.6 Å². The quantitative estimate of drug-likeness (QED) is 0.162. The van der Waals surface area contributed by atoms with Crippen molar-refractivity contribution < 1.29 is 55.7 Å². The average molecular weight is 939 g/mol. The molecule has 7 atom stereocenters. The molecule has 4 amide bonds. The van der Waals surface area contributed by atoms with Gasteiger partial charge >= 0.3 is 6.09 Å². The van der Waals surface area contributed by atoms with E-state index in [-0.39, 0.29) is 43.7 Å². The lowest BCUT2D eigenvalue weighted by atomic mass is 9.84. The molecule has 7 rings (SSSR count). The van der Waals surface area contributed by atoms with Gasteiger partial charge in [-0.15, -0.1) is 0 Å². The summed E-state index contributed by atoms with van der Waals surface area (Å²) >= 11 is 0. The molecule has 0 unspecified atom stereocenters. The van der Waals surface area contributed by atoms with Gasteiger partial charge in [-0.3, -0.25) is 29.0 Å². The number of benzene rings is 1.